The fraction of sp³-hybridized carbons (Fsp3) is 0.333. The molecule has 0 atom stereocenters. The van der Waals surface area contributed by atoms with E-state index in [0.717, 1.165) is 41.9 Å². The molecule has 0 spiro atoms. The van der Waals surface area contributed by atoms with Crippen molar-refractivity contribution in [2.75, 3.05) is 20.7 Å². The largest absolute Gasteiger partial charge is 0.493 e. The lowest BCUT2D eigenvalue weighted by molar-refractivity contribution is 0.289. The first kappa shape index (κ1) is 15.5. The van der Waals surface area contributed by atoms with Crippen LogP contribution >= 0.6 is 0 Å². The van der Waals surface area contributed by atoms with E-state index in [1.165, 1.54) is 11.6 Å². The van der Waals surface area contributed by atoms with Crippen molar-refractivity contribution in [3.8, 4) is 16.9 Å². The topological polar surface area (TPSA) is 21.3 Å². The van der Waals surface area contributed by atoms with E-state index in [2.05, 4.69) is 11.4 Å². The summed E-state index contributed by atoms with van der Waals surface area (Å²) in [7, 11) is 3.75. The lowest BCUT2D eigenvalue weighted by atomic mass is 9.95. The quantitative estimate of drug-likeness (QED) is 0.857. The van der Waals surface area contributed by atoms with Gasteiger partial charge in [0.15, 0.2) is 0 Å². The first-order valence-electron chi connectivity index (χ1n) is 7.27. The Morgan fingerprint density at radius 1 is 1.10 bits per heavy atom. The normalized spacial score (nSPS) is 12.8. The zero-order valence-electron chi connectivity index (χ0n) is 12.9. The van der Waals surface area contributed by atoms with Crippen LogP contribution in [-0.2, 0) is 6.42 Å². The summed E-state index contributed by atoms with van der Waals surface area (Å²) < 4.78 is 19.0. The molecule has 2 aromatic carbocycles. The number of hydrogen-bond acceptors (Lipinski definition) is 2. The molecule has 0 saturated heterocycles. The number of aryl methyl sites for hydroxylation is 2. The summed E-state index contributed by atoms with van der Waals surface area (Å²) in [6.07, 6.45) is 2.13. The highest BCUT2D eigenvalue weighted by molar-refractivity contribution is 5.75. The molecule has 1 N–H and O–H groups in total. The van der Waals surface area contributed by atoms with Gasteiger partial charge in [-0.05, 0) is 62.7 Å². The Kier molecular flexibility index (Phi) is 5.34. The maximum Gasteiger partial charge on any atom is 0.130 e. The Morgan fingerprint density at radius 3 is 2.57 bits per heavy atom. The number of ether oxygens (including phenoxy) is 1. The van der Waals surface area contributed by atoms with Crippen LogP contribution in [0.3, 0.4) is 0 Å². The Bertz CT molecular complexity index is 610. The van der Waals surface area contributed by atoms with Crippen LogP contribution < -0.4 is 10.1 Å². The summed E-state index contributed by atoms with van der Waals surface area (Å²) >= 11 is 0. The van der Waals surface area contributed by atoms with Gasteiger partial charge in [-0.15, -0.1) is 0 Å². The summed E-state index contributed by atoms with van der Waals surface area (Å²) in [4.78, 5) is 0. The van der Waals surface area contributed by atoms with Crippen molar-refractivity contribution in [3.05, 3.63) is 53.3 Å². The number of nitrogens with one attached hydrogen (secondary N) is 1. The molecule has 0 aromatic heterocycles. The van der Waals surface area contributed by atoms with Gasteiger partial charge in [-0.25, -0.2) is 4.39 Å². The van der Waals surface area contributed by atoms with Gasteiger partial charge in [0, 0.05) is 5.56 Å². The molecule has 0 radical (unpaired) electrons. The maximum absolute atomic E-state index is 13.2. The molecule has 0 bridgehead atoms. The molecule has 3 heteroatoms. The molecule has 1 heterocycles. The molecule has 112 valence electrons. The highest BCUT2D eigenvalue weighted by Gasteiger charge is 2.16. The van der Waals surface area contributed by atoms with E-state index < -0.39 is 0 Å². The second-order valence-corrected chi connectivity index (χ2v) is 5.21. The Hall–Kier alpha value is -1.87. The summed E-state index contributed by atoms with van der Waals surface area (Å²) in [5, 5.41) is 2.75. The van der Waals surface area contributed by atoms with E-state index in [0.29, 0.717) is 0 Å². The minimum absolute atomic E-state index is 0.193. The fourth-order valence-electron chi connectivity index (χ4n) is 2.53. The third kappa shape index (κ3) is 3.61. The number of hydrogen-bond donors (Lipinski definition) is 1. The van der Waals surface area contributed by atoms with E-state index >= 15 is 0 Å². The van der Waals surface area contributed by atoms with Crippen LogP contribution in [0.5, 0.6) is 5.75 Å². The fourth-order valence-corrected chi connectivity index (χ4v) is 2.53. The predicted octanol–water partition coefficient (Wildman–Crippen LogP) is 3.96. The smallest absolute Gasteiger partial charge is 0.130 e. The van der Waals surface area contributed by atoms with Gasteiger partial charge in [-0.2, -0.15) is 0 Å². The SMILES string of the molecule is CNC.Cc1cc(F)ccc1-c1cccc2c1OCCC2. The van der Waals surface area contributed by atoms with Crippen LogP contribution in [0.15, 0.2) is 36.4 Å². The monoisotopic (exact) mass is 287 g/mol. The first-order chi connectivity index (χ1) is 10.2. The van der Waals surface area contributed by atoms with Gasteiger partial charge in [0.1, 0.15) is 11.6 Å². The average Bonchev–Trinajstić information content (AvgIpc) is 2.48. The number of halogens is 1. The summed E-state index contributed by atoms with van der Waals surface area (Å²) in [6.45, 7) is 2.70. The molecule has 21 heavy (non-hydrogen) atoms. The van der Waals surface area contributed by atoms with Crippen molar-refractivity contribution in [1.29, 1.82) is 0 Å². The van der Waals surface area contributed by atoms with Crippen LogP contribution in [-0.4, -0.2) is 20.7 Å². The van der Waals surface area contributed by atoms with Crippen molar-refractivity contribution in [1.82, 2.24) is 5.32 Å². The van der Waals surface area contributed by atoms with Gasteiger partial charge < -0.3 is 10.1 Å². The summed E-state index contributed by atoms with van der Waals surface area (Å²) in [5.74, 6) is 0.778. The predicted molar refractivity (Wildman–Crippen MR) is 85.4 cm³/mol. The molecule has 1 aliphatic heterocycles. The molecular weight excluding hydrogens is 265 g/mol. The molecule has 1 aliphatic rings. The Morgan fingerprint density at radius 2 is 1.86 bits per heavy atom. The molecule has 0 unspecified atom stereocenters. The summed E-state index contributed by atoms with van der Waals surface area (Å²) in [5.41, 5.74) is 4.32. The maximum atomic E-state index is 13.2. The van der Waals surface area contributed by atoms with Crippen molar-refractivity contribution in [2.24, 2.45) is 0 Å². The number of rotatable bonds is 1. The van der Waals surface area contributed by atoms with Gasteiger partial charge in [0.05, 0.1) is 6.61 Å². The lowest BCUT2D eigenvalue weighted by Gasteiger charge is -2.21. The van der Waals surface area contributed by atoms with Gasteiger partial charge in [0.25, 0.3) is 0 Å². The highest BCUT2D eigenvalue weighted by atomic mass is 19.1. The first-order valence-corrected chi connectivity index (χ1v) is 7.27. The van der Waals surface area contributed by atoms with Gasteiger partial charge in [0.2, 0.25) is 0 Å². The van der Waals surface area contributed by atoms with E-state index in [-0.39, 0.29) is 5.82 Å². The zero-order valence-corrected chi connectivity index (χ0v) is 12.9. The molecular formula is C18H22FNO. The van der Waals surface area contributed by atoms with Crippen molar-refractivity contribution in [2.45, 2.75) is 19.8 Å². The minimum Gasteiger partial charge on any atom is -0.493 e. The van der Waals surface area contributed by atoms with Crippen molar-refractivity contribution in [3.63, 3.8) is 0 Å². The third-order valence-corrected chi connectivity index (χ3v) is 3.41. The Balaban J connectivity index is 0.000000497. The molecule has 0 saturated carbocycles. The standard InChI is InChI=1S/C16H15FO.C2H7N/c1-11-10-13(17)7-8-14(11)15-6-2-4-12-5-3-9-18-16(12)15;1-3-2/h2,4,6-8,10H,3,5,9H2,1H3;3H,1-2H3. The van der Waals surface area contributed by atoms with Gasteiger partial charge >= 0.3 is 0 Å². The second kappa shape index (κ2) is 7.23. The molecule has 0 fully saturated rings. The molecule has 3 rings (SSSR count). The number of benzene rings is 2. The summed E-state index contributed by atoms with van der Waals surface area (Å²) in [6, 6.07) is 11.1. The van der Waals surface area contributed by atoms with Gasteiger partial charge in [-0.1, -0.05) is 24.3 Å². The molecule has 2 nitrogen and oxygen atoms in total. The Labute approximate surface area is 126 Å². The third-order valence-electron chi connectivity index (χ3n) is 3.41. The molecule has 0 amide bonds. The average molecular weight is 287 g/mol. The van der Waals surface area contributed by atoms with Crippen LogP contribution in [0, 0.1) is 12.7 Å². The van der Waals surface area contributed by atoms with E-state index in [9.17, 15) is 4.39 Å². The minimum atomic E-state index is -0.193. The lowest BCUT2D eigenvalue weighted by Crippen LogP contribution is -2.09. The van der Waals surface area contributed by atoms with Crippen molar-refractivity contribution >= 4 is 0 Å². The molecule has 2 aromatic rings. The molecule has 0 aliphatic carbocycles. The van der Waals surface area contributed by atoms with E-state index in [1.807, 2.05) is 39.2 Å². The second-order valence-electron chi connectivity index (χ2n) is 5.21. The number of fused-ring (bicyclic) bond motifs is 1. The van der Waals surface area contributed by atoms with Crippen LogP contribution in [0.4, 0.5) is 4.39 Å². The highest BCUT2D eigenvalue weighted by Crippen LogP contribution is 2.37. The van der Waals surface area contributed by atoms with Crippen LogP contribution in [0.25, 0.3) is 11.1 Å². The van der Waals surface area contributed by atoms with Crippen molar-refractivity contribution < 1.29 is 9.13 Å². The van der Waals surface area contributed by atoms with E-state index in [4.69, 9.17) is 4.74 Å². The van der Waals surface area contributed by atoms with Crippen LogP contribution in [0.1, 0.15) is 17.5 Å². The van der Waals surface area contributed by atoms with Crippen LogP contribution in [0.2, 0.25) is 0 Å². The number of para-hydroxylation sites is 1. The van der Waals surface area contributed by atoms with E-state index in [1.54, 1.807) is 6.07 Å². The van der Waals surface area contributed by atoms with Gasteiger partial charge in [-0.3, -0.25) is 0 Å². The zero-order chi connectivity index (χ0) is 15.2.